The van der Waals surface area contributed by atoms with Crippen molar-refractivity contribution < 1.29 is 23.9 Å². The lowest BCUT2D eigenvalue weighted by atomic mass is 10.1. The third kappa shape index (κ3) is 7.79. The van der Waals surface area contributed by atoms with Crippen LogP contribution in [0, 0.1) is 5.92 Å². The van der Waals surface area contributed by atoms with Crippen molar-refractivity contribution in [3.63, 3.8) is 0 Å². The molecular weight excluding hydrogens is 414 g/mol. The SMILES string of the molecule is CC(C)CC(=O)Nc1ccc(C(=O)COC(=O)CCC(=O)c2ccc(Cl)s2)cc1. The Balaban J connectivity index is 1.75. The standard InChI is InChI=1S/C21H22ClNO5S/c1-13(2)11-20(26)23-15-5-3-14(4-6-15)17(25)12-28-21(27)10-7-16(24)18-8-9-19(22)29-18/h3-6,8-9,13H,7,10-12H2,1-2H3,(H,23,26). The van der Waals surface area contributed by atoms with Crippen molar-refractivity contribution in [3.05, 3.63) is 51.2 Å². The number of carbonyl (C=O) groups excluding carboxylic acids is 4. The minimum absolute atomic E-state index is 0.00532. The van der Waals surface area contributed by atoms with E-state index in [1.165, 1.54) is 0 Å². The maximum atomic E-state index is 12.1. The van der Waals surface area contributed by atoms with E-state index in [4.69, 9.17) is 16.3 Å². The molecule has 0 aliphatic rings. The quantitative estimate of drug-likeness (QED) is 0.428. The van der Waals surface area contributed by atoms with Crippen LogP contribution in [0.1, 0.15) is 53.1 Å². The number of ether oxygens (including phenoxy) is 1. The lowest BCUT2D eigenvalue weighted by molar-refractivity contribution is -0.142. The van der Waals surface area contributed by atoms with E-state index in [0.29, 0.717) is 26.9 Å². The van der Waals surface area contributed by atoms with E-state index in [2.05, 4.69) is 5.32 Å². The van der Waals surface area contributed by atoms with Crippen molar-refractivity contribution in [2.45, 2.75) is 33.1 Å². The second-order valence-corrected chi connectivity index (χ2v) is 8.55. The second kappa shape index (κ2) is 10.9. The van der Waals surface area contributed by atoms with Gasteiger partial charge in [0.25, 0.3) is 0 Å². The molecule has 29 heavy (non-hydrogen) atoms. The van der Waals surface area contributed by atoms with Crippen LogP contribution in [0.4, 0.5) is 5.69 Å². The first kappa shape index (κ1) is 22.8. The minimum atomic E-state index is -0.619. The summed E-state index contributed by atoms with van der Waals surface area (Å²) in [7, 11) is 0. The predicted molar refractivity (Wildman–Crippen MR) is 113 cm³/mol. The number of halogens is 1. The Labute approximate surface area is 178 Å². The van der Waals surface area contributed by atoms with E-state index < -0.39 is 12.6 Å². The molecule has 154 valence electrons. The van der Waals surface area contributed by atoms with Gasteiger partial charge < -0.3 is 10.1 Å². The average molecular weight is 436 g/mol. The highest BCUT2D eigenvalue weighted by Gasteiger charge is 2.14. The molecule has 0 saturated heterocycles. The molecule has 2 rings (SSSR count). The molecule has 0 aliphatic heterocycles. The summed E-state index contributed by atoms with van der Waals surface area (Å²) >= 11 is 6.93. The van der Waals surface area contributed by atoms with E-state index in [-0.39, 0.29) is 36.2 Å². The van der Waals surface area contributed by atoms with Crippen molar-refractivity contribution in [2.75, 3.05) is 11.9 Å². The van der Waals surface area contributed by atoms with Gasteiger partial charge in [0.15, 0.2) is 18.2 Å². The summed E-state index contributed by atoms with van der Waals surface area (Å²) in [4.78, 5) is 48.1. The monoisotopic (exact) mass is 435 g/mol. The topological polar surface area (TPSA) is 89.5 Å². The molecule has 0 spiro atoms. The van der Waals surface area contributed by atoms with Crippen LogP contribution in [0.15, 0.2) is 36.4 Å². The highest BCUT2D eigenvalue weighted by molar-refractivity contribution is 7.18. The van der Waals surface area contributed by atoms with Crippen LogP contribution in [0.2, 0.25) is 4.34 Å². The van der Waals surface area contributed by atoms with Gasteiger partial charge in [0.05, 0.1) is 15.6 Å². The number of benzene rings is 1. The fourth-order valence-corrected chi connectivity index (χ4v) is 3.44. The van der Waals surface area contributed by atoms with E-state index in [1.807, 2.05) is 13.8 Å². The Bertz CT molecular complexity index is 889. The number of amides is 1. The van der Waals surface area contributed by atoms with Crippen molar-refractivity contribution in [1.82, 2.24) is 0 Å². The number of anilines is 1. The van der Waals surface area contributed by atoms with Gasteiger partial charge >= 0.3 is 5.97 Å². The van der Waals surface area contributed by atoms with Crippen molar-refractivity contribution >= 4 is 52.1 Å². The Kier molecular flexibility index (Phi) is 8.54. The summed E-state index contributed by atoms with van der Waals surface area (Å²) in [5, 5.41) is 2.76. The van der Waals surface area contributed by atoms with Gasteiger partial charge in [-0.2, -0.15) is 0 Å². The number of carbonyl (C=O) groups is 4. The first-order chi connectivity index (χ1) is 13.7. The van der Waals surface area contributed by atoms with Crippen LogP contribution in [-0.4, -0.2) is 30.0 Å². The van der Waals surface area contributed by atoms with Crippen LogP contribution in [-0.2, 0) is 14.3 Å². The molecule has 1 aromatic carbocycles. The summed E-state index contributed by atoms with van der Waals surface area (Å²) < 4.78 is 5.46. The molecule has 2 aromatic rings. The third-order valence-corrected chi connectivity index (χ3v) is 5.12. The number of thiophene rings is 1. The number of hydrogen-bond acceptors (Lipinski definition) is 6. The number of rotatable bonds is 10. The highest BCUT2D eigenvalue weighted by atomic mass is 35.5. The number of nitrogens with one attached hydrogen (secondary N) is 1. The first-order valence-electron chi connectivity index (χ1n) is 9.12. The average Bonchev–Trinajstić information content (AvgIpc) is 3.10. The minimum Gasteiger partial charge on any atom is -0.457 e. The lowest BCUT2D eigenvalue weighted by Gasteiger charge is -2.08. The maximum Gasteiger partial charge on any atom is 0.306 e. The van der Waals surface area contributed by atoms with Gasteiger partial charge in [0.2, 0.25) is 5.91 Å². The smallest absolute Gasteiger partial charge is 0.306 e. The molecule has 6 nitrogen and oxygen atoms in total. The molecule has 1 heterocycles. The zero-order valence-electron chi connectivity index (χ0n) is 16.2. The normalized spacial score (nSPS) is 10.6. The fraction of sp³-hybridized carbons (Fsp3) is 0.333. The Morgan fingerprint density at radius 2 is 1.69 bits per heavy atom. The Hall–Kier alpha value is -2.51. The molecule has 0 atom stereocenters. The first-order valence-corrected chi connectivity index (χ1v) is 10.3. The van der Waals surface area contributed by atoms with E-state index in [1.54, 1.807) is 36.4 Å². The van der Waals surface area contributed by atoms with Gasteiger partial charge in [-0.25, -0.2) is 0 Å². The molecular formula is C21H22ClNO5S. The Morgan fingerprint density at radius 3 is 2.28 bits per heavy atom. The number of ketones is 2. The Morgan fingerprint density at radius 1 is 1.00 bits per heavy atom. The van der Waals surface area contributed by atoms with Gasteiger partial charge in [0.1, 0.15) is 0 Å². The molecule has 8 heteroatoms. The third-order valence-electron chi connectivity index (χ3n) is 3.85. The van der Waals surface area contributed by atoms with Crippen LogP contribution in [0.3, 0.4) is 0 Å². The molecule has 0 radical (unpaired) electrons. The van der Waals surface area contributed by atoms with Crippen molar-refractivity contribution in [1.29, 1.82) is 0 Å². The summed E-state index contributed by atoms with van der Waals surface area (Å²) in [5.74, 6) is -1.02. The number of esters is 1. The molecule has 1 amide bonds. The molecule has 0 unspecified atom stereocenters. The molecule has 1 N–H and O–H groups in total. The fourth-order valence-electron chi connectivity index (χ4n) is 2.43. The molecule has 0 aliphatic carbocycles. The van der Waals surface area contributed by atoms with Crippen LogP contribution in [0.5, 0.6) is 0 Å². The predicted octanol–water partition coefficient (Wildman–Crippen LogP) is 4.78. The van der Waals surface area contributed by atoms with Gasteiger partial charge in [-0.3, -0.25) is 19.2 Å². The summed E-state index contributed by atoms with van der Waals surface area (Å²) in [6.07, 6.45) is 0.301. The second-order valence-electron chi connectivity index (χ2n) is 6.83. The molecule has 0 fully saturated rings. The zero-order valence-corrected chi connectivity index (χ0v) is 17.8. The van der Waals surface area contributed by atoms with Crippen molar-refractivity contribution in [2.24, 2.45) is 5.92 Å². The van der Waals surface area contributed by atoms with E-state index >= 15 is 0 Å². The molecule has 0 saturated carbocycles. The maximum absolute atomic E-state index is 12.1. The number of Topliss-reactive ketones (excluding diaryl/α,β-unsaturated/α-hetero) is 2. The van der Waals surface area contributed by atoms with Crippen molar-refractivity contribution in [3.8, 4) is 0 Å². The highest BCUT2D eigenvalue weighted by Crippen LogP contribution is 2.23. The van der Waals surface area contributed by atoms with Gasteiger partial charge in [0, 0.05) is 24.1 Å². The summed E-state index contributed by atoms with van der Waals surface area (Å²) in [6.45, 7) is 3.50. The van der Waals surface area contributed by atoms with Gasteiger partial charge in [-0.1, -0.05) is 25.4 Å². The summed E-state index contributed by atoms with van der Waals surface area (Å²) in [6, 6.07) is 9.60. The zero-order chi connectivity index (χ0) is 21.4. The van der Waals surface area contributed by atoms with Crippen LogP contribution in [0.25, 0.3) is 0 Å². The van der Waals surface area contributed by atoms with Gasteiger partial charge in [-0.15, -0.1) is 11.3 Å². The van der Waals surface area contributed by atoms with Crippen LogP contribution >= 0.6 is 22.9 Å². The largest absolute Gasteiger partial charge is 0.457 e. The van der Waals surface area contributed by atoms with Gasteiger partial charge in [-0.05, 0) is 42.3 Å². The summed E-state index contributed by atoms with van der Waals surface area (Å²) in [5.41, 5.74) is 0.959. The van der Waals surface area contributed by atoms with E-state index in [0.717, 1.165) is 11.3 Å². The lowest BCUT2D eigenvalue weighted by Crippen LogP contribution is -2.16. The molecule has 0 bridgehead atoms. The van der Waals surface area contributed by atoms with E-state index in [9.17, 15) is 19.2 Å². The van der Waals surface area contributed by atoms with Crippen LogP contribution < -0.4 is 5.32 Å². The molecule has 1 aromatic heterocycles. The number of hydrogen-bond donors (Lipinski definition) is 1.